The maximum Gasteiger partial charge on any atom is 0.233 e. The number of halogens is 1. The summed E-state index contributed by atoms with van der Waals surface area (Å²) in [7, 11) is 0. The predicted molar refractivity (Wildman–Crippen MR) is 107 cm³/mol. The summed E-state index contributed by atoms with van der Waals surface area (Å²) in [6, 6.07) is 9.03. The van der Waals surface area contributed by atoms with Gasteiger partial charge in [0.1, 0.15) is 5.82 Å². The summed E-state index contributed by atoms with van der Waals surface area (Å²) in [5.74, 6) is 2.04. The van der Waals surface area contributed by atoms with E-state index in [1.807, 2.05) is 25.1 Å². The van der Waals surface area contributed by atoms with Crippen LogP contribution in [0.2, 0.25) is 0 Å². The van der Waals surface area contributed by atoms with Crippen molar-refractivity contribution in [3.8, 4) is 17.1 Å². The molecule has 0 spiro atoms. The summed E-state index contributed by atoms with van der Waals surface area (Å²) in [5.41, 5.74) is 2.23. The molecule has 1 aliphatic rings. The van der Waals surface area contributed by atoms with Crippen LogP contribution in [0.1, 0.15) is 64.4 Å². The Kier molecular flexibility index (Phi) is 7.19. The molecule has 1 aliphatic carbocycles. The quantitative estimate of drug-likeness (QED) is 0.553. The molecule has 0 unspecified atom stereocenters. The first-order valence-electron chi connectivity index (χ1n) is 10.4. The van der Waals surface area contributed by atoms with E-state index in [0.29, 0.717) is 18.2 Å². The number of hydrogen-bond donors (Lipinski definition) is 0. The van der Waals surface area contributed by atoms with Gasteiger partial charge < -0.3 is 4.74 Å². The van der Waals surface area contributed by atoms with Crippen molar-refractivity contribution in [1.29, 1.82) is 0 Å². The number of rotatable bonds is 8. The Balaban J connectivity index is 1.55. The minimum absolute atomic E-state index is 0.136. The highest BCUT2D eigenvalue weighted by Gasteiger charge is 2.20. The van der Waals surface area contributed by atoms with Crippen LogP contribution in [0.4, 0.5) is 4.39 Å². The van der Waals surface area contributed by atoms with Gasteiger partial charge in [-0.25, -0.2) is 4.39 Å². The molecule has 0 amide bonds. The molecule has 0 radical (unpaired) electrons. The van der Waals surface area contributed by atoms with Crippen LogP contribution in [0.25, 0.3) is 11.3 Å². The number of aryl methyl sites for hydroxylation is 1. The first-order chi connectivity index (χ1) is 13.2. The van der Waals surface area contributed by atoms with E-state index < -0.39 is 0 Å². The minimum Gasteiger partial charge on any atom is -0.477 e. The van der Waals surface area contributed by atoms with Crippen LogP contribution in [0.3, 0.4) is 0 Å². The SMILES string of the molecule is CCCC1CCC(CCc2ccc(-c3ccc(OCC)nn3)cc2F)CC1. The van der Waals surface area contributed by atoms with Gasteiger partial charge in [-0.15, -0.1) is 10.2 Å². The lowest BCUT2D eigenvalue weighted by atomic mass is 9.78. The number of benzene rings is 1. The fraction of sp³-hybridized carbons (Fsp3) is 0.565. The van der Waals surface area contributed by atoms with Gasteiger partial charge >= 0.3 is 0 Å². The molecule has 0 atom stereocenters. The zero-order valence-electron chi connectivity index (χ0n) is 16.6. The summed E-state index contributed by atoms with van der Waals surface area (Å²) < 4.78 is 19.9. The Morgan fingerprint density at radius 2 is 1.70 bits per heavy atom. The molecule has 2 aromatic rings. The Hall–Kier alpha value is -1.97. The predicted octanol–water partition coefficient (Wildman–Crippen LogP) is 6.22. The fourth-order valence-corrected chi connectivity index (χ4v) is 4.18. The Morgan fingerprint density at radius 3 is 2.30 bits per heavy atom. The zero-order chi connectivity index (χ0) is 19.1. The molecule has 3 rings (SSSR count). The zero-order valence-corrected chi connectivity index (χ0v) is 16.6. The van der Waals surface area contributed by atoms with Gasteiger partial charge in [0.2, 0.25) is 5.88 Å². The van der Waals surface area contributed by atoms with E-state index in [9.17, 15) is 4.39 Å². The van der Waals surface area contributed by atoms with Gasteiger partial charge in [0.25, 0.3) is 0 Å². The van der Waals surface area contributed by atoms with Crippen LogP contribution >= 0.6 is 0 Å². The summed E-state index contributed by atoms with van der Waals surface area (Å²) in [6.07, 6.45) is 9.93. The third kappa shape index (κ3) is 5.50. The molecule has 4 heteroatoms. The van der Waals surface area contributed by atoms with Crippen molar-refractivity contribution in [1.82, 2.24) is 10.2 Å². The van der Waals surface area contributed by atoms with E-state index in [0.717, 1.165) is 35.8 Å². The molecule has 0 bridgehead atoms. The highest BCUT2D eigenvalue weighted by atomic mass is 19.1. The minimum atomic E-state index is -0.136. The van der Waals surface area contributed by atoms with E-state index in [1.54, 1.807) is 12.1 Å². The number of hydrogen-bond acceptors (Lipinski definition) is 3. The highest BCUT2D eigenvalue weighted by molar-refractivity contribution is 5.59. The fourth-order valence-electron chi connectivity index (χ4n) is 4.18. The third-order valence-corrected chi connectivity index (χ3v) is 5.77. The molecular formula is C23H31FN2O. The van der Waals surface area contributed by atoms with Crippen LogP contribution < -0.4 is 4.74 Å². The van der Waals surface area contributed by atoms with E-state index in [-0.39, 0.29) is 5.82 Å². The topological polar surface area (TPSA) is 35.0 Å². The standard InChI is InChI=1S/C23H31FN2O/c1-3-5-17-6-8-18(9-7-17)10-11-19-12-13-20(16-21(19)24)22-14-15-23(26-25-22)27-4-2/h12-18H,3-11H2,1-2H3. The lowest BCUT2D eigenvalue weighted by Crippen LogP contribution is -2.15. The van der Waals surface area contributed by atoms with E-state index >= 15 is 0 Å². The first kappa shape index (κ1) is 19.8. The molecule has 0 N–H and O–H groups in total. The molecule has 0 saturated heterocycles. The molecule has 146 valence electrons. The second-order valence-electron chi connectivity index (χ2n) is 7.71. The van der Waals surface area contributed by atoms with Gasteiger partial charge in [0, 0.05) is 11.6 Å². The normalized spacial score (nSPS) is 19.8. The molecule has 3 nitrogen and oxygen atoms in total. The van der Waals surface area contributed by atoms with Crippen molar-refractivity contribution in [2.75, 3.05) is 6.61 Å². The van der Waals surface area contributed by atoms with Gasteiger partial charge in [-0.2, -0.15) is 0 Å². The maximum absolute atomic E-state index is 14.6. The molecule has 1 aromatic carbocycles. The smallest absolute Gasteiger partial charge is 0.233 e. The summed E-state index contributed by atoms with van der Waals surface area (Å²) in [4.78, 5) is 0. The Bertz CT molecular complexity index is 709. The monoisotopic (exact) mass is 370 g/mol. The average molecular weight is 371 g/mol. The van der Waals surface area contributed by atoms with Crippen LogP contribution in [-0.2, 0) is 6.42 Å². The van der Waals surface area contributed by atoms with Crippen LogP contribution in [0.5, 0.6) is 5.88 Å². The van der Waals surface area contributed by atoms with Crippen LogP contribution in [-0.4, -0.2) is 16.8 Å². The van der Waals surface area contributed by atoms with Crippen molar-refractivity contribution in [2.24, 2.45) is 11.8 Å². The molecule has 1 saturated carbocycles. The Labute approximate surface area is 162 Å². The largest absolute Gasteiger partial charge is 0.477 e. The van der Waals surface area contributed by atoms with Gasteiger partial charge in [-0.05, 0) is 49.3 Å². The maximum atomic E-state index is 14.6. The van der Waals surface area contributed by atoms with Gasteiger partial charge in [0.05, 0.1) is 12.3 Å². The van der Waals surface area contributed by atoms with Crippen molar-refractivity contribution in [3.05, 3.63) is 41.7 Å². The summed E-state index contributed by atoms with van der Waals surface area (Å²) in [6.45, 7) is 4.73. The van der Waals surface area contributed by atoms with Crippen LogP contribution in [0.15, 0.2) is 30.3 Å². The van der Waals surface area contributed by atoms with E-state index in [1.165, 1.54) is 38.5 Å². The van der Waals surface area contributed by atoms with Gasteiger partial charge in [-0.3, -0.25) is 0 Å². The lowest BCUT2D eigenvalue weighted by Gasteiger charge is -2.28. The Morgan fingerprint density at radius 1 is 0.963 bits per heavy atom. The molecule has 27 heavy (non-hydrogen) atoms. The first-order valence-corrected chi connectivity index (χ1v) is 10.4. The molecule has 1 aromatic heterocycles. The second-order valence-corrected chi connectivity index (χ2v) is 7.71. The number of ether oxygens (including phenoxy) is 1. The van der Waals surface area contributed by atoms with E-state index in [2.05, 4.69) is 17.1 Å². The lowest BCUT2D eigenvalue weighted by molar-refractivity contribution is 0.252. The summed E-state index contributed by atoms with van der Waals surface area (Å²) >= 11 is 0. The van der Waals surface area contributed by atoms with Crippen molar-refractivity contribution >= 4 is 0 Å². The van der Waals surface area contributed by atoms with Gasteiger partial charge in [-0.1, -0.05) is 57.6 Å². The van der Waals surface area contributed by atoms with Crippen molar-refractivity contribution in [3.63, 3.8) is 0 Å². The molecule has 1 heterocycles. The van der Waals surface area contributed by atoms with Crippen molar-refractivity contribution in [2.45, 2.75) is 65.2 Å². The van der Waals surface area contributed by atoms with Crippen molar-refractivity contribution < 1.29 is 9.13 Å². The number of nitrogens with zero attached hydrogens (tertiary/aromatic N) is 2. The summed E-state index contributed by atoms with van der Waals surface area (Å²) in [5, 5.41) is 8.16. The highest BCUT2D eigenvalue weighted by Crippen LogP contribution is 2.34. The third-order valence-electron chi connectivity index (χ3n) is 5.77. The van der Waals surface area contributed by atoms with Crippen LogP contribution in [0, 0.1) is 17.7 Å². The molecule has 0 aliphatic heterocycles. The molecule has 1 fully saturated rings. The van der Waals surface area contributed by atoms with Gasteiger partial charge in [0.15, 0.2) is 0 Å². The molecular weight excluding hydrogens is 339 g/mol. The average Bonchev–Trinajstić information content (AvgIpc) is 2.69. The second kappa shape index (κ2) is 9.82. The van der Waals surface area contributed by atoms with E-state index in [4.69, 9.17) is 4.74 Å². The number of aromatic nitrogens is 2.